The van der Waals surface area contributed by atoms with E-state index in [1.54, 1.807) is 30.3 Å². The van der Waals surface area contributed by atoms with E-state index in [2.05, 4.69) is 26.6 Å². The molecule has 0 fully saturated rings. The first-order valence-corrected chi connectivity index (χ1v) is 7.77. The number of amides is 2. The van der Waals surface area contributed by atoms with Crippen molar-refractivity contribution >= 4 is 33.4 Å². The minimum Gasteiger partial charge on any atom is -0.495 e. The van der Waals surface area contributed by atoms with Crippen LogP contribution in [0.1, 0.15) is 15.9 Å². The summed E-state index contributed by atoms with van der Waals surface area (Å²) in [7, 11) is 1.54. The second-order valence-corrected chi connectivity index (χ2v) is 5.86. The third-order valence-electron chi connectivity index (χ3n) is 3.14. The summed E-state index contributed by atoms with van der Waals surface area (Å²) in [5, 5.41) is 5.32. The molecule has 0 saturated heterocycles. The molecule has 23 heavy (non-hydrogen) atoms. The van der Waals surface area contributed by atoms with Gasteiger partial charge in [-0.1, -0.05) is 22.0 Å². The number of halogens is 1. The van der Waals surface area contributed by atoms with Crippen LogP contribution in [-0.4, -0.2) is 25.5 Å². The van der Waals surface area contributed by atoms with E-state index >= 15 is 0 Å². The smallest absolute Gasteiger partial charge is 0.251 e. The van der Waals surface area contributed by atoms with Gasteiger partial charge in [-0.25, -0.2) is 0 Å². The number of benzene rings is 2. The first-order chi connectivity index (χ1) is 11.0. The van der Waals surface area contributed by atoms with Gasteiger partial charge in [0.2, 0.25) is 5.91 Å². The van der Waals surface area contributed by atoms with E-state index in [1.807, 2.05) is 19.1 Å². The van der Waals surface area contributed by atoms with Crippen molar-refractivity contribution in [3.8, 4) is 5.75 Å². The lowest BCUT2D eigenvalue weighted by Gasteiger charge is -2.11. The average Bonchev–Trinajstić information content (AvgIpc) is 2.53. The number of carbonyl (C=O) groups is 2. The van der Waals surface area contributed by atoms with Crippen LogP contribution in [0.2, 0.25) is 0 Å². The van der Waals surface area contributed by atoms with Gasteiger partial charge in [-0.2, -0.15) is 0 Å². The SMILES string of the molecule is COc1ccc(C)cc1NC(=O)CNC(=O)c1ccc(Br)cc1. The second kappa shape index (κ2) is 7.78. The molecule has 0 heterocycles. The van der Waals surface area contributed by atoms with E-state index in [0.717, 1.165) is 10.0 Å². The van der Waals surface area contributed by atoms with E-state index in [9.17, 15) is 9.59 Å². The first kappa shape index (κ1) is 17.0. The first-order valence-electron chi connectivity index (χ1n) is 6.98. The van der Waals surface area contributed by atoms with Crippen LogP contribution in [0.3, 0.4) is 0 Å². The van der Waals surface area contributed by atoms with Crippen molar-refractivity contribution in [2.75, 3.05) is 19.0 Å². The standard InChI is InChI=1S/C17H17BrN2O3/c1-11-3-8-15(23-2)14(9-11)20-16(21)10-19-17(22)12-4-6-13(18)7-5-12/h3-9H,10H2,1-2H3,(H,19,22)(H,20,21). The fraction of sp³-hybridized carbons (Fsp3) is 0.176. The van der Waals surface area contributed by atoms with E-state index in [-0.39, 0.29) is 18.4 Å². The van der Waals surface area contributed by atoms with Gasteiger partial charge in [0.1, 0.15) is 5.75 Å². The van der Waals surface area contributed by atoms with Crippen molar-refractivity contribution in [1.82, 2.24) is 5.32 Å². The van der Waals surface area contributed by atoms with Crippen LogP contribution in [-0.2, 0) is 4.79 Å². The Hall–Kier alpha value is -2.34. The maximum Gasteiger partial charge on any atom is 0.251 e. The molecular weight excluding hydrogens is 360 g/mol. The number of methoxy groups -OCH3 is 1. The highest BCUT2D eigenvalue weighted by molar-refractivity contribution is 9.10. The molecule has 0 aliphatic heterocycles. The molecule has 2 amide bonds. The molecule has 0 atom stereocenters. The predicted molar refractivity (Wildman–Crippen MR) is 92.8 cm³/mol. The Balaban J connectivity index is 1.94. The van der Waals surface area contributed by atoms with E-state index in [1.165, 1.54) is 7.11 Å². The molecule has 0 spiro atoms. The zero-order valence-electron chi connectivity index (χ0n) is 12.9. The van der Waals surface area contributed by atoms with Crippen molar-refractivity contribution in [1.29, 1.82) is 0 Å². The Morgan fingerprint density at radius 2 is 1.83 bits per heavy atom. The number of carbonyl (C=O) groups excluding carboxylic acids is 2. The number of hydrogen-bond donors (Lipinski definition) is 2. The number of aryl methyl sites for hydroxylation is 1. The molecule has 120 valence electrons. The lowest BCUT2D eigenvalue weighted by atomic mass is 10.2. The molecule has 0 aromatic heterocycles. The van der Waals surface area contributed by atoms with Gasteiger partial charge in [0.05, 0.1) is 19.3 Å². The number of rotatable bonds is 5. The van der Waals surface area contributed by atoms with Crippen molar-refractivity contribution in [2.24, 2.45) is 0 Å². The van der Waals surface area contributed by atoms with Crippen LogP contribution in [0.15, 0.2) is 46.9 Å². The largest absolute Gasteiger partial charge is 0.495 e. The summed E-state index contributed by atoms with van der Waals surface area (Å²) >= 11 is 3.31. The van der Waals surface area contributed by atoms with Crippen LogP contribution < -0.4 is 15.4 Å². The zero-order chi connectivity index (χ0) is 16.8. The lowest BCUT2D eigenvalue weighted by Crippen LogP contribution is -2.32. The fourth-order valence-electron chi connectivity index (χ4n) is 1.98. The van der Waals surface area contributed by atoms with Gasteiger partial charge >= 0.3 is 0 Å². The van der Waals surface area contributed by atoms with Crippen LogP contribution in [0.5, 0.6) is 5.75 Å². The third kappa shape index (κ3) is 4.82. The monoisotopic (exact) mass is 376 g/mol. The number of nitrogens with one attached hydrogen (secondary N) is 2. The van der Waals surface area contributed by atoms with Gasteiger partial charge in [-0.15, -0.1) is 0 Å². The fourth-order valence-corrected chi connectivity index (χ4v) is 2.24. The maximum absolute atomic E-state index is 12.0. The summed E-state index contributed by atoms with van der Waals surface area (Å²) in [5.74, 6) is -0.0496. The molecule has 0 aliphatic rings. The third-order valence-corrected chi connectivity index (χ3v) is 3.67. The van der Waals surface area contributed by atoms with E-state index < -0.39 is 0 Å². The summed E-state index contributed by atoms with van der Waals surface area (Å²) in [4.78, 5) is 24.0. The van der Waals surface area contributed by atoms with Gasteiger partial charge in [-0.3, -0.25) is 9.59 Å². The Morgan fingerprint density at radius 1 is 1.13 bits per heavy atom. The van der Waals surface area contributed by atoms with Crippen LogP contribution in [0, 0.1) is 6.92 Å². The van der Waals surface area contributed by atoms with Crippen molar-refractivity contribution in [3.05, 3.63) is 58.1 Å². The Morgan fingerprint density at radius 3 is 2.48 bits per heavy atom. The van der Waals surface area contributed by atoms with Crippen molar-refractivity contribution in [2.45, 2.75) is 6.92 Å². The van der Waals surface area contributed by atoms with Crippen LogP contribution in [0.4, 0.5) is 5.69 Å². The molecule has 2 aromatic carbocycles. The van der Waals surface area contributed by atoms with Gasteiger partial charge in [0.15, 0.2) is 0 Å². The van der Waals surface area contributed by atoms with E-state index in [4.69, 9.17) is 4.74 Å². The zero-order valence-corrected chi connectivity index (χ0v) is 14.4. The quantitative estimate of drug-likeness (QED) is 0.842. The molecule has 2 rings (SSSR count). The Kier molecular flexibility index (Phi) is 5.76. The minimum atomic E-state index is -0.320. The predicted octanol–water partition coefficient (Wildman–Crippen LogP) is 3.13. The number of hydrogen-bond acceptors (Lipinski definition) is 3. The molecule has 2 N–H and O–H groups in total. The van der Waals surface area contributed by atoms with Gasteiger partial charge in [0, 0.05) is 10.0 Å². The molecule has 6 heteroatoms. The molecule has 0 aliphatic carbocycles. The topological polar surface area (TPSA) is 67.4 Å². The highest BCUT2D eigenvalue weighted by Gasteiger charge is 2.10. The summed E-state index contributed by atoms with van der Waals surface area (Å²) in [6, 6.07) is 12.4. The van der Waals surface area contributed by atoms with Gasteiger partial charge in [0.25, 0.3) is 5.91 Å². The van der Waals surface area contributed by atoms with Crippen molar-refractivity contribution < 1.29 is 14.3 Å². The highest BCUT2D eigenvalue weighted by Crippen LogP contribution is 2.24. The van der Waals surface area contributed by atoms with Crippen LogP contribution >= 0.6 is 15.9 Å². The summed E-state index contributed by atoms with van der Waals surface area (Å²) in [6.07, 6.45) is 0. The van der Waals surface area contributed by atoms with Crippen LogP contribution in [0.25, 0.3) is 0 Å². The molecule has 0 saturated carbocycles. The maximum atomic E-state index is 12.0. The lowest BCUT2D eigenvalue weighted by molar-refractivity contribution is -0.115. The average molecular weight is 377 g/mol. The molecule has 2 aromatic rings. The van der Waals surface area contributed by atoms with Crippen molar-refractivity contribution in [3.63, 3.8) is 0 Å². The number of ether oxygens (including phenoxy) is 1. The summed E-state index contributed by atoms with van der Waals surface area (Å²) in [6.45, 7) is 1.80. The number of anilines is 1. The molecule has 0 radical (unpaired) electrons. The van der Waals surface area contributed by atoms with Gasteiger partial charge < -0.3 is 15.4 Å². The summed E-state index contributed by atoms with van der Waals surface area (Å²) < 4.78 is 6.09. The Bertz CT molecular complexity index is 714. The highest BCUT2D eigenvalue weighted by atomic mass is 79.9. The molecular formula is C17H17BrN2O3. The van der Waals surface area contributed by atoms with E-state index in [0.29, 0.717) is 17.0 Å². The Labute approximate surface area is 143 Å². The molecule has 0 bridgehead atoms. The minimum absolute atomic E-state index is 0.119. The molecule has 0 unspecified atom stereocenters. The summed E-state index contributed by atoms with van der Waals surface area (Å²) in [5.41, 5.74) is 2.07. The normalized spacial score (nSPS) is 10.0. The molecule has 5 nitrogen and oxygen atoms in total. The van der Waals surface area contributed by atoms with Gasteiger partial charge in [-0.05, 0) is 48.9 Å². The second-order valence-electron chi connectivity index (χ2n) is 4.94.